The van der Waals surface area contributed by atoms with E-state index in [4.69, 9.17) is 0 Å². The van der Waals surface area contributed by atoms with E-state index in [1.807, 2.05) is 30.3 Å². The lowest BCUT2D eigenvalue weighted by Crippen LogP contribution is -1.91. The third-order valence-corrected chi connectivity index (χ3v) is 2.20. The summed E-state index contributed by atoms with van der Waals surface area (Å²) in [5.41, 5.74) is 1.50. The molecule has 75 valence electrons. The molecular weight excluding hydrogens is 191 g/mol. The van der Waals surface area contributed by atoms with Gasteiger partial charge in [-0.3, -0.25) is 0 Å². The lowest BCUT2D eigenvalue weighted by molar-refractivity contribution is 0.470. The summed E-state index contributed by atoms with van der Waals surface area (Å²) in [7, 11) is 0. The van der Waals surface area contributed by atoms with Crippen molar-refractivity contribution in [3.05, 3.63) is 65.5 Å². The summed E-state index contributed by atoms with van der Waals surface area (Å²) in [4.78, 5) is 0. The van der Waals surface area contributed by atoms with Crippen molar-refractivity contribution < 1.29 is 9.50 Å². The molecule has 0 unspecified atom stereocenters. The van der Waals surface area contributed by atoms with E-state index in [0.717, 1.165) is 11.6 Å². The van der Waals surface area contributed by atoms with Crippen molar-refractivity contribution in [3.8, 4) is 5.75 Å². The SMILES string of the molecule is Oc1[c]cc(F)c(Cc2ccccc2)c1. The molecule has 0 saturated heterocycles. The van der Waals surface area contributed by atoms with Gasteiger partial charge in [-0.05, 0) is 23.3 Å². The molecule has 1 nitrogen and oxygen atoms in total. The topological polar surface area (TPSA) is 20.2 Å². The van der Waals surface area contributed by atoms with Crippen LogP contribution in [0.4, 0.5) is 4.39 Å². The van der Waals surface area contributed by atoms with Crippen LogP contribution in [0.3, 0.4) is 0 Å². The van der Waals surface area contributed by atoms with Gasteiger partial charge >= 0.3 is 0 Å². The molecule has 0 bridgehead atoms. The van der Waals surface area contributed by atoms with E-state index < -0.39 is 0 Å². The van der Waals surface area contributed by atoms with Crippen molar-refractivity contribution in [1.82, 2.24) is 0 Å². The van der Waals surface area contributed by atoms with Crippen molar-refractivity contribution in [1.29, 1.82) is 0 Å². The molecule has 15 heavy (non-hydrogen) atoms. The van der Waals surface area contributed by atoms with Gasteiger partial charge in [-0.25, -0.2) is 4.39 Å². The smallest absolute Gasteiger partial charge is 0.127 e. The normalized spacial score (nSPS) is 10.2. The third-order valence-electron chi connectivity index (χ3n) is 2.20. The molecule has 2 aromatic carbocycles. The zero-order valence-electron chi connectivity index (χ0n) is 8.07. The van der Waals surface area contributed by atoms with Gasteiger partial charge in [0, 0.05) is 12.5 Å². The molecular formula is C13H10FO. The van der Waals surface area contributed by atoms with Crippen LogP contribution in [0.15, 0.2) is 42.5 Å². The lowest BCUT2D eigenvalue weighted by Gasteiger charge is -2.03. The Morgan fingerprint density at radius 2 is 1.93 bits per heavy atom. The monoisotopic (exact) mass is 201 g/mol. The van der Waals surface area contributed by atoms with Crippen LogP contribution in [0.25, 0.3) is 0 Å². The molecule has 1 radical (unpaired) electrons. The van der Waals surface area contributed by atoms with Gasteiger partial charge in [0.25, 0.3) is 0 Å². The maximum Gasteiger partial charge on any atom is 0.127 e. The first-order chi connectivity index (χ1) is 7.25. The molecule has 2 heteroatoms. The lowest BCUT2D eigenvalue weighted by atomic mass is 10.0. The van der Waals surface area contributed by atoms with Crippen molar-refractivity contribution in [3.63, 3.8) is 0 Å². The number of phenolic OH excluding ortho intramolecular Hbond substituents is 1. The molecule has 0 heterocycles. The quantitative estimate of drug-likeness (QED) is 0.792. The largest absolute Gasteiger partial charge is 0.507 e. The van der Waals surface area contributed by atoms with Crippen LogP contribution >= 0.6 is 0 Å². The van der Waals surface area contributed by atoms with E-state index >= 15 is 0 Å². The maximum absolute atomic E-state index is 13.3. The first-order valence-electron chi connectivity index (χ1n) is 4.69. The third kappa shape index (κ3) is 2.34. The Labute approximate surface area is 87.8 Å². The zero-order chi connectivity index (χ0) is 10.7. The summed E-state index contributed by atoms with van der Waals surface area (Å²) in [6.45, 7) is 0. The Hall–Kier alpha value is -1.83. The fourth-order valence-corrected chi connectivity index (χ4v) is 1.46. The zero-order valence-corrected chi connectivity index (χ0v) is 8.07. The molecule has 0 aromatic heterocycles. The standard InChI is InChI=1S/C13H10FO/c14-13-7-6-12(15)9-11(13)8-10-4-2-1-3-5-10/h1-5,7,9,15H,8H2. The predicted molar refractivity (Wildman–Crippen MR) is 56.1 cm³/mol. The second-order valence-electron chi connectivity index (χ2n) is 3.35. The van der Waals surface area contributed by atoms with Gasteiger partial charge in [-0.15, -0.1) is 0 Å². The molecule has 0 saturated carbocycles. The average molecular weight is 201 g/mol. The van der Waals surface area contributed by atoms with Gasteiger partial charge in [0.15, 0.2) is 0 Å². The summed E-state index contributed by atoms with van der Waals surface area (Å²) < 4.78 is 13.3. The van der Waals surface area contributed by atoms with Crippen LogP contribution in [-0.4, -0.2) is 5.11 Å². The van der Waals surface area contributed by atoms with E-state index in [-0.39, 0.29) is 11.6 Å². The fraction of sp³-hybridized carbons (Fsp3) is 0.0769. The highest BCUT2D eigenvalue weighted by Gasteiger charge is 2.04. The number of benzene rings is 2. The van der Waals surface area contributed by atoms with Crippen LogP contribution < -0.4 is 0 Å². The van der Waals surface area contributed by atoms with Crippen molar-refractivity contribution >= 4 is 0 Å². The highest BCUT2D eigenvalue weighted by atomic mass is 19.1. The second kappa shape index (κ2) is 4.13. The first-order valence-corrected chi connectivity index (χ1v) is 4.69. The first kappa shape index (κ1) is 9.71. The van der Waals surface area contributed by atoms with E-state index in [9.17, 15) is 9.50 Å². The van der Waals surface area contributed by atoms with Gasteiger partial charge in [0.1, 0.15) is 11.6 Å². The van der Waals surface area contributed by atoms with Crippen LogP contribution in [0.5, 0.6) is 5.75 Å². The highest BCUT2D eigenvalue weighted by Crippen LogP contribution is 2.17. The highest BCUT2D eigenvalue weighted by molar-refractivity contribution is 5.32. The molecule has 1 N–H and O–H groups in total. The van der Waals surface area contributed by atoms with E-state index in [0.29, 0.717) is 12.0 Å². The number of hydrogen-bond donors (Lipinski definition) is 1. The van der Waals surface area contributed by atoms with Crippen molar-refractivity contribution in [2.75, 3.05) is 0 Å². The molecule has 0 aliphatic carbocycles. The average Bonchev–Trinajstić information content (AvgIpc) is 2.25. The van der Waals surface area contributed by atoms with Gasteiger partial charge < -0.3 is 5.11 Å². The molecule has 0 amide bonds. The van der Waals surface area contributed by atoms with E-state index in [1.165, 1.54) is 6.07 Å². The minimum Gasteiger partial charge on any atom is -0.507 e. The molecule has 2 aromatic rings. The minimum absolute atomic E-state index is 0.0256. The van der Waals surface area contributed by atoms with Crippen molar-refractivity contribution in [2.24, 2.45) is 0 Å². The van der Waals surface area contributed by atoms with Gasteiger partial charge in [-0.2, -0.15) is 0 Å². The summed E-state index contributed by atoms with van der Waals surface area (Å²) in [5, 5.41) is 9.19. The Kier molecular flexibility index (Phi) is 2.68. The Bertz CT molecular complexity index is 451. The minimum atomic E-state index is -0.336. The van der Waals surface area contributed by atoms with E-state index in [1.54, 1.807) is 0 Å². The molecule has 0 atom stereocenters. The van der Waals surface area contributed by atoms with Crippen LogP contribution in [0.1, 0.15) is 11.1 Å². The number of aromatic hydroxyl groups is 1. The molecule has 2 rings (SSSR count). The Morgan fingerprint density at radius 3 is 2.67 bits per heavy atom. The van der Waals surface area contributed by atoms with Gasteiger partial charge in [0.05, 0.1) is 0 Å². The summed E-state index contributed by atoms with van der Waals surface area (Å²) in [6.07, 6.45) is 0.481. The Morgan fingerprint density at radius 1 is 1.20 bits per heavy atom. The van der Waals surface area contributed by atoms with Crippen LogP contribution in [-0.2, 0) is 6.42 Å². The number of phenols is 1. The van der Waals surface area contributed by atoms with Gasteiger partial charge in [-0.1, -0.05) is 30.3 Å². The summed E-state index contributed by atoms with van der Waals surface area (Å²) >= 11 is 0. The van der Waals surface area contributed by atoms with Gasteiger partial charge in [0.2, 0.25) is 0 Å². The van der Waals surface area contributed by atoms with Crippen molar-refractivity contribution in [2.45, 2.75) is 6.42 Å². The summed E-state index contributed by atoms with van der Waals surface area (Å²) in [6, 6.07) is 14.5. The Balaban J connectivity index is 2.28. The number of rotatable bonds is 2. The molecule has 0 aliphatic heterocycles. The predicted octanol–water partition coefficient (Wildman–Crippen LogP) is 2.92. The molecule has 0 spiro atoms. The molecule has 0 aliphatic rings. The fourth-order valence-electron chi connectivity index (χ4n) is 1.46. The molecule has 0 fully saturated rings. The second-order valence-corrected chi connectivity index (χ2v) is 3.35. The number of hydrogen-bond acceptors (Lipinski definition) is 1. The maximum atomic E-state index is 13.3. The summed E-state index contributed by atoms with van der Waals surface area (Å²) in [5.74, 6) is -0.362. The number of halogens is 1. The van der Waals surface area contributed by atoms with Crippen LogP contribution in [0, 0.1) is 11.9 Å². The van der Waals surface area contributed by atoms with E-state index in [2.05, 4.69) is 6.07 Å². The van der Waals surface area contributed by atoms with Crippen LogP contribution in [0.2, 0.25) is 0 Å².